The van der Waals surface area contributed by atoms with Crippen molar-refractivity contribution in [1.29, 1.82) is 0 Å². The van der Waals surface area contributed by atoms with E-state index >= 15 is 0 Å². The molecule has 2 amide bonds. The Hall–Kier alpha value is -2.04. The molecule has 1 aliphatic carbocycles. The first-order valence-electron chi connectivity index (χ1n) is 7.46. The third-order valence-corrected chi connectivity index (χ3v) is 3.95. The Morgan fingerprint density at radius 1 is 1.24 bits per heavy atom. The lowest BCUT2D eigenvalue weighted by atomic mass is 9.83. The number of carboxylic acid groups (broad SMARTS) is 1. The lowest BCUT2D eigenvalue weighted by Gasteiger charge is -2.25. The Morgan fingerprint density at radius 3 is 2.52 bits per heavy atom. The average molecular weight is 290 g/mol. The predicted molar refractivity (Wildman–Crippen MR) is 80.1 cm³/mol. The number of carbonyl (C=O) groups excluding carboxylic acids is 1. The fourth-order valence-electron chi connectivity index (χ4n) is 2.43. The Kier molecular flexibility index (Phi) is 5.60. The summed E-state index contributed by atoms with van der Waals surface area (Å²) in [6.07, 6.45) is 5.04. The van der Waals surface area contributed by atoms with Crippen LogP contribution in [0.2, 0.25) is 0 Å². The average Bonchev–Trinajstić information content (AvgIpc) is 2.42. The third kappa shape index (κ3) is 5.10. The van der Waals surface area contributed by atoms with Gasteiger partial charge in [0.15, 0.2) is 0 Å². The second-order valence-electron chi connectivity index (χ2n) is 5.57. The van der Waals surface area contributed by atoms with Gasteiger partial charge in [0.25, 0.3) is 0 Å². The summed E-state index contributed by atoms with van der Waals surface area (Å²) < 4.78 is 0. The van der Waals surface area contributed by atoms with E-state index in [1.165, 1.54) is 19.3 Å². The number of carboxylic acids is 1. The number of hydrogen-bond donors (Lipinski definition) is 3. The van der Waals surface area contributed by atoms with Crippen LogP contribution in [-0.2, 0) is 11.2 Å². The van der Waals surface area contributed by atoms with Crippen molar-refractivity contribution in [1.82, 2.24) is 10.6 Å². The van der Waals surface area contributed by atoms with Gasteiger partial charge < -0.3 is 15.7 Å². The molecule has 0 radical (unpaired) electrons. The van der Waals surface area contributed by atoms with Crippen LogP contribution in [0.15, 0.2) is 30.3 Å². The van der Waals surface area contributed by atoms with Crippen LogP contribution in [0.25, 0.3) is 0 Å². The van der Waals surface area contributed by atoms with Crippen LogP contribution in [0, 0.1) is 5.92 Å². The van der Waals surface area contributed by atoms with Crippen LogP contribution < -0.4 is 10.6 Å². The molecule has 1 atom stereocenters. The highest BCUT2D eigenvalue weighted by molar-refractivity contribution is 5.82. The molecule has 1 aromatic rings. The molecule has 0 heterocycles. The van der Waals surface area contributed by atoms with Crippen LogP contribution in [0.1, 0.15) is 31.2 Å². The molecule has 2 rings (SSSR count). The zero-order chi connectivity index (χ0) is 15.1. The van der Waals surface area contributed by atoms with Gasteiger partial charge in [0, 0.05) is 13.0 Å². The summed E-state index contributed by atoms with van der Waals surface area (Å²) in [5.41, 5.74) is 0.889. The summed E-state index contributed by atoms with van der Waals surface area (Å²) in [6, 6.07) is 7.98. The maximum Gasteiger partial charge on any atom is 0.326 e. The van der Waals surface area contributed by atoms with E-state index in [4.69, 9.17) is 0 Å². The number of urea groups is 1. The first-order chi connectivity index (χ1) is 10.1. The Morgan fingerprint density at radius 2 is 1.95 bits per heavy atom. The first-order valence-corrected chi connectivity index (χ1v) is 7.46. The van der Waals surface area contributed by atoms with E-state index < -0.39 is 18.0 Å². The number of aliphatic carboxylic acids is 1. The molecule has 0 aliphatic heterocycles. The molecule has 0 aromatic heterocycles. The van der Waals surface area contributed by atoms with Crippen molar-refractivity contribution in [2.45, 2.75) is 38.1 Å². The molecule has 0 spiro atoms. The van der Waals surface area contributed by atoms with Gasteiger partial charge >= 0.3 is 12.0 Å². The van der Waals surface area contributed by atoms with Gasteiger partial charge in [0.2, 0.25) is 0 Å². The highest BCUT2D eigenvalue weighted by atomic mass is 16.4. The SMILES string of the molecule is O=C(NCCC1CCC1)N[C@@H](Cc1ccccc1)C(=O)O. The normalized spacial score (nSPS) is 15.8. The number of rotatable bonds is 7. The van der Waals surface area contributed by atoms with Gasteiger partial charge in [-0.1, -0.05) is 49.6 Å². The van der Waals surface area contributed by atoms with Gasteiger partial charge in [0.05, 0.1) is 0 Å². The minimum Gasteiger partial charge on any atom is -0.480 e. The summed E-state index contributed by atoms with van der Waals surface area (Å²) in [5, 5.41) is 14.5. The van der Waals surface area contributed by atoms with Gasteiger partial charge in [-0.05, 0) is 17.9 Å². The summed E-state index contributed by atoms with van der Waals surface area (Å²) in [4.78, 5) is 23.0. The lowest BCUT2D eigenvalue weighted by molar-refractivity contribution is -0.139. The highest BCUT2D eigenvalue weighted by Crippen LogP contribution is 2.28. The van der Waals surface area contributed by atoms with Crippen molar-refractivity contribution < 1.29 is 14.7 Å². The third-order valence-electron chi connectivity index (χ3n) is 3.95. The zero-order valence-corrected chi connectivity index (χ0v) is 12.0. The van der Waals surface area contributed by atoms with E-state index in [0.29, 0.717) is 6.54 Å². The number of carbonyl (C=O) groups is 2. The Labute approximate surface area is 124 Å². The molecule has 5 nitrogen and oxygen atoms in total. The molecular weight excluding hydrogens is 268 g/mol. The van der Waals surface area contributed by atoms with Crippen LogP contribution in [0.4, 0.5) is 4.79 Å². The quantitative estimate of drug-likeness (QED) is 0.720. The van der Waals surface area contributed by atoms with Crippen LogP contribution in [-0.4, -0.2) is 29.7 Å². The van der Waals surface area contributed by atoms with Crippen molar-refractivity contribution in [3.63, 3.8) is 0 Å². The molecule has 0 saturated heterocycles. The molecule has 114 valence electrons. The molecule has 1 fully saturated rings. The van der Waals surface area contributed by atoms with E-state index in [9.17, 15) is 14.7 Å². The Balaban J connectivity index is 1.75. The summed E-state index contributed by atoms with van der Waals surface area (Å²) in [6.45, 7) is 0.605. The number of benzene rings is 1. The molecule has 1 saturated carbocycles. The van der Waals surface area contributed by atoms with Crippen LogP contribution >= 0.6 is 0 Å². The smallest absolute Gasteiger partial charge is 0.326 e. The minimum atomic E-state index is -1.02. The lowest BCUT2D eigenvalue weighted by Crippen LogP contribution is -2.47. The maximum atomic E-state index is 11.8. The van der Waals surface area contributed by atoms with Crippen molar-refractivity contribution in [2.24, 2.45) is 5.92 Å². The molecule has 5 heteroatoms. The second-order valence-corrected chi connectivity index (χ2v) is 5.57. The fraction of sp³-hybridized carbons (Fsp3) is 0.500. The predicted octanol–water partition coefficient (Wildman–Crippen LogP) is 2.17. The van der Waals surface area contributed by atoms with E-state index in [0.717, 1.165) is 17.9 Å². The van der Waals surface area contributed by atoms with Gasteiger partial charge in [-0.15, -0.1) is 0 Å². The minimum absolute atomic E-state index is 0.284. The fourth-order valence-corrected chi connectivity index (χ4v) is 2.43. The van der Waals surface area contributed by atoms with E-state index in [1.54, 1.807) is 0 Å². The van der Waals surface area contributed by atoms with Crippen molar-refractivity contribution in [3.05, 3.63) is 35.9 Å². The standard InChI is InChI=1S/C16H22N2O3/c19-15(20)14(11-13-5-2-1-3-6-13)18-16(21)17-10-9-12-7-4-8-12/h1-3,5-6,12,14H,4,7-11H2,(H,19,20)(H2,17,18,21)/t14-/m0/s1. The second kappa shape index (κ2) is 7.67. The topological polar surface area (TPSA) is 78.4 Å². The number of nitrogens with one attached hydrogen (secondary N) is 2. The van der Waals surface area contributed by atoms with E-state index in [1.807, 2.05) is 30.3 Å². The molecular formula is C16H22N2O3. The summed E-state index contributed by atoms with van der Waals surface area (Å²) in [7, 11) is 0. The van der Waals surface area contributed by atoms with Crippen LogP contribution in [0.3, 0.4) is 0 Å². The summed E-state index contributed by atoms with van der Waals surface area (Å²) in [5.74, 6) is -0.294. The molecule has 0 bridgehead atoms. The molecule has 1 aliphatic rings. The van der Waals surface area contributed by atoms with Gasteiger partial charge in [0.1, 0.15) is 6.04 Å². The van der Waals surface area contributed by atoms with E-state index in [-0.39, 0.29) is 6.42 Å². The zero-order valence-electron chi connectivity index (χ0n) is 12.0. The number of amides is 2. The van der Waals surface area contributed by atoms with Crippen molar-refractivity contribution in [2.75, 3.05) is 6.54 Å². The van der Waals surface area contributed by atoms with Crippen molar-refractivity contribution in [3.8, 4) is 0 Å². The summed E-state index contributed by atoms with van der Waals surface area (Å²) >= 11 is 0. The highest BCUT2D eigenvalue weighted by Gasteiger charge is 2.21. The largest absolute Gasteiger partial charge is 0.480 e. The molecule has 21 heavy (non-hydrogen) atoms. The van der Waals surface area contributed by atoms with Crippen LogP contribution in [0.5, 0.6) is 0 Å². The molecule has 1 aromatic carbocycles. The monoisotopic (exact) mass is 290 g/mol. The van der Waals surface area contributed by atoms with E-state index in [2.05, 4.69) is 10.6 Å². The van der Waals surface area contributed by atoms with Gasteiger partial charge in [-0.25, -0.2) is 9.59 Å². The van der Waals surface area contributed by atoms with Crippen molar-refractivity contribution >= 4 is 12.0 Å². The van der Waals surface area contributed by atoms with Gasteiger partial charge in [-0.2, -0.15) is 0 Å². The Bertz CT molecular complexity index is 472. The molecule has 0 unspecified atom stereocenters. The number of hydrogen-bond acceptors (Lipinski definition) is 2. The molecule has 3 N–H and O–H groups in total. The first kappa shape index (κ1) is 15.4. The maximum absolute atomic E-state index is 11.8. The van der Waals surface area contributed by atoms with Gasteiger partial charge in [-0.3, -0.25) is 0 Å².